The third-order valence-electron chi connectivity index (χ3n) is 10.0. The first kappa shape index (κ1) is 28.0. The second-order valence-electron chi connectivity index (χ2n) is 12.9. The molecule has 3 heterocycles. The van der Waals surface area contributed by atoms with Gasteiger partial charge in [0.05, 0.1) is 0 Å². The summed E-state index contributed by atoms with van der Waals surface area (Å²) in [6, 6.07) is 59.6. The summed E-state index contributed by atoms with van der Waals surface area (Å²) in [5.74, 6) is 0. The van der Waals surface area contributed by atoms with E-state index in [1.54, 1.807) is 0 Å². The van der Waals surface area contributed by atoms with Crippen LogP contribution in [0.2, 0.25) is 0 Å². The van der Waals surface area contributed by atoms with Crippen LogP contribution < -0.4 is 4.90 Å². The number of anilines is 3. The van der Waals surface area contributed by atoms with E-state index in [2.05, 4.69) is 157 Å². The summed E-state index contributed by atoms with van der Waals surface area (Å²) in [4.78, 5) is 2.38. The maximum Gasteiger partial charge on any atom is 0.135 e. The first-order chi connectivity index (χ1) is 24.8. The van der Waals surface area contributed by atoms with Crippen molar-refractivity contribution in [2.24, 2.45) is 0 Å². The Balaban J connectivity index is 1.12. The predicted molar refractivity (Wildman–Crippen MR) is 217 cm³/mol. The lowest BCUT2D eigenvalue weighted by atomic mass is 9.93. The van der Waals surface area contributed by atoms with Gasteiger partial charge in [-0.3, -0.25) is 0 Å². The predicted octanol–water partition coefficient (Wildman–Crippen LogP) is 14.6. The number of nitrogens with zero attached hydrogens (tertiary/aromatic N) is 1. The lowest BCUT2D eigenvalue weighted by Crippen LogP contribution is -2.09. The molecule has 0 bridgehead atoms. The molecule has 11 aromatic rings. The maximum absolute atomic E-state index is 6.23. The van der Waals surface area contributed by atoms with Crippen LogP contribution in [0.15, 0.2) is 168 Å². The fourth-order valence-electron chi connectivity index (χ4n) is 7.78. The average Bonchev–Trinajstić information content (AvgIpc) is 3.85. The summed E-state index contributed by atoms with van der Waals surface area (Å²) >= 11 is 3.73. The van der Waals surface area contributed by atoms with Gasteiger partial charge in [0.2, 0.25) is 0 Å². The smallest absolute Gasteiger partial charge is 0.135 e. The van der Waals surface area contributed by atoms with Crippen LogP contribution >= 0.6 is 22.7 Å². The van der Waals surface area contributed by atoms with Gasteiger partial charge in [-0.05, 0) is 88.6 Å². The van der Waals surface area contributed by atoms with E-state index in [0.29, 0.717) is 0 Å². The molecule has 0 unspecified atom stereocenters. The highest BCUT2D eigenvalue weighted by Gasteiger charge is 2.19. The van der Waals surface area contributed by atoms with Gasteiger partial charge in [-0.2, -0.15) is 0 Å². The quantitative estimate of drug-likeness (QED) is 0.185. The molecule has 0 aliphatic heterocycles. The highest BCUT2D eigenvalue weighted by atomic mass is 32.1. The minimum atomic E-state index is 0.896. The van der Waals surface area contributed by atoms with Crippen LogP contribution in [-0.2, 0) is 0 Å². The van der Waals surface area contributed by atoms with Gasteiger partial charge >= 0.3 is 0 Å². The molecule has 234 valence electrons. The molecule has 2 nitrogen and oxygen atoms in total. The molecule has 0 atom stereocenters. The van der Waals surface area contributed by atoms with E-state index < -0.39 is 0 Å². The molecule has 50 heavy (non-hydrogen) atoms. The molecular formula is C46H27NOS2. The molecule has 11 rings (SSSR count). The van der Waals surface area contributed by atoms with Gasteiger partial charge in [-0.1, -0.05) is 97.1 Å². The molecule has 0 saturated heterocycles. The Morgan fingerprint density at radius 1 is 0.380 bits per heavy atom. The normalized spacial score (nSPS) is 12.0. The summed E-state index contributed by atoms with van der Waals surface area (Å²) in [7, 11) is 0. The molecule has 0 fully saturated rings. The standard InChI is InChI=1S/C46H27NOS2/c1-2-10-33-29(9-1)25-44-46(37-13-5-8-16-42(37)50-44)45(33)28-17-19-30(20-18-28)47(31-22-24-40-38(26-31)34-11-3-6-14-39(34)48-40)32-21-23-36-35-12-4-7-15-41(35)49-43(36)27-32/h1-27H. The molecule has 3 aromatic heterocycles. The zero-order valence-corrected chi connectivity index (χ0v) is 28.4. The third kappa shape index (κ3) is 4.19. The SMILES string of the molecule is c1ccc2c(-c3ccc(N(c4ccc5c(c4)sc4ccccc45)c4ccc5oc6ccccc6c5c4)cc3)c3c(cc2c1)sc1ccccc13. The van der Waals surface area contributed by atoms with Crippen molar-refractivity contribution in [1.82, 2.24) is 0 Å². The summed E-state index contributed by atoms with van der Waals surface area (Å²) in [5, 5.41) is 10.0. The highest BCUT2D eigenvalue weighted by molar-refractivity contribution is 7.26. The van der Waals surface area contributed by atoms with Crippen molar-refractivity contribution in [3.05, 3.63) is 164 Å². The van der Waals surface area contributed by atoms with E-state index in [4.69, 9.17) is 4.42 Å². The van der Waals surface area contributed by atoms with Crippen LogP contribution in [0, 0.1) is 0 Å². The van der Waals surface area contributed by atoms with Gasteiger partial charge in [0.1, 0.15) is 11.2 Å². The molecule has 0 spiro atoms. The van der Waals surface area contributed by atoms with E-state index in [9.17, 15) is 0 Å². The second-order valence-corrected chi connectivity index (χ2v) is 15.1. The number of hydrogen-bond donors (Lipinski definition) is 0. The Kier molecular flexibility index (Phi) is 6.03. The number of para-hydroxylation sites is 1. The molecule has 0 aliphatic rings. The first-order valence-electron chi connectivity index (χ1n) is 16.8. The Bertz CT molecular complexity index is 3110. The Morgan fingerprint density at radius 2 is 0.980 bits per heavy atom. The van der Waals surface area contributed by atoms with Crippen molar-refractivity contribution in [3.63, 3.8) is 0 Å². The van der Waals surface area contributed by atoms with Crippen molar-refractivity contribution in [3.8, 4) is 11.1 Å². The van der Waals surface area contributed by atoms with E-state index in [-0.39, 0.29) is 0 Å². The monoisotopic (exact) mass is 673 g/mol. The van der Waals surface area contributed by atoms with Gasteiger partial charge in [0.15, 0.2) is 0 Å². The van der Waals surface area contributed by atoms with Crippen molar-refractivity contribution >= 4 is 113 Å². The minimum absolute atomic E-state index is 0.896. The Labute approximate surface area is 295 Å². The summed E-state index contributed by atoms with van der Waals surface area (Å²) in [6.07, 6.45) is 0. The highest BCUT2D eigenvalue weighted by Crippen LogP contribution is 2.46. The van der Waals surface area contributed by atoms with Crippen LogP contribution in [0.5, 0.6) is 0 Å². The van der Waals surface area contributed by atoms with Gasteiger partial charge in [0.25, 0.3) is 0 Å². The van der Waals surface area contributed by atoms with E-state index in [1.165, 1.54) is 62.2 Å². The van der Waals surface area contributed by atoms with E-state index >= 15 is 0 Å². The van der Waals surface area contributed by atoms with E-state index in [1.807, 2.05) is 34.8 Å². The fourth-order valence-corrected chi connectivity index (χ4v) is 10.1. The number of benzene rings is 8. The topological polar surface area (TPSA) is 16.4 Å². The fraction of sp³-hybridized carbons (Fsp3) is 0. The zero-order chi connectivity index (χ0) is 32.8. The van der Waals surface area contributed by atoms with Crippen molar-refractivity contribution < 1.29 is 4.42 Å². The van der Waals surface area contributed by atoms with Crippen molar-refractivity contribution in [2.45, 2.75) is 0 Å². The molecular weight excluding hydrogens is 647 g/mol. The van der Waals surface area contributed by atoms with Gasteiger partial charge in [0, 0.05) is 68.2 Å². The van der Waals surface area contributed by atoms with Crippen LogP contribution in [0.4, 0.5) is 17.1 Å². The summed E-state index contributed by atoms with van der Waals surface area (Å²) in [6.45, 7) is 0. The molecule has 0 N–H and O–H groups in total. The lowest BCUT2D eigenvalue weighted by molar-refractivity contribution is 0.669. The maximum atomic E-state index is 6.23. The van der Waals surface area contributed by atoms with Gasteiger partial charge < -0.3 is 9.32 Å². The summed E-state index contributed by atoms with van der Waals surface area (Å²) < 4.78 is 11.5. The van der Waals surface area contributed by atoms with Crippen LogP contribution in [0.3, 0.4) is 0 Å². The number of fused-ring (bicyclic) bond motifs is 10. The van der Waals surface area contributed by atoms with Crippen LogP contribution in [-0.4, -0.2) is 0 Å². The minimum Gasteiger partial charge on any atom is -0.456 e. The first-order valence-corrected chi connectivity index (χ1v) is 18.5. The number of furan rings is 1. The lowest BCUT2D eigenvalue weighted by Gasteiger charge is -2.26. The largest absolute Gasteiger partial charge is 0.456 e. The molecule has 0 saturated carbocycles. The van der Waals surface area contributed by atoms with Crippen LogP contribution in [0.1, 0.15) is 0 Å². The average molecular weight is 674 g/mol. The molecule has 0 aliphatic carbocycles. The van der Waals surface area contributed by atoms with Gasteiger partial charge in [-0.15, -0.1) is 22.7 Å². The zero-order valence-electron chi connectivity index (χ0n) is 26.8. The summed E-state index contributed by atoms with van der Waals surface area (Å²) in [5.41, 5.74) is 7.64. The Morgan fingerprint density at radius 3 is 1.84 bits per heavy atom. The van der Waals surface area contributed by atoms with Crippen molar-refractivity contribution in [2.75, 3.05) is 4.90 Å². The molecule has 8 aromatic carbocycles. The Hall–Kier alpha value is -5.94. The number of hydrogen-bond acceptors (Lipinski definition) is 4. The number of thiophene rings is 2. The second kappa shape index (κ2) is 10.8. The molecule has 4 heteroatoms. The van der Waals surface area contributed by atoms with E-state index in [0.717, 1.165) is 39.0 Å². The molecule has 0 radical (unpaired) electrons. The van der Waals surface area contributed by atoms with Gasteiger partial charge in [-0.25, -0.2) is 0 Å². The van der Waals surface area contributed by atoms with Crippen molar-refractivity contribution in [1.29, 1.82) is 0 Å². The molecule has 0 amide bonds. The third-order valence-corrected chi connectivity index (χ3v) is 12.3. The van der Waals surface area contributed by atoms with Crippen LogP contribution in [0.25, 0.3) is 84.2 Å². The number of rotatable bonds is 4.